The molecule has 1 saturated carbocycles. The van der Waals surface area contributed by atoms with E-state index in [-0.39, 0.29) is 12.1 Å². The largest absolute Gasteiger partial charge is 0.472 e. The summed E-state index contributed by atoms with van der Waals surface area (Å²) in [7, 11) is -1.90. The van der Waals surface area contributed by atoms with Gasteiger partial charge < -0.3 is 9.79 Å². The molecule has 1 N–H and O–H groups in total. The van der Waals surface area contributed by atoms with Crippen molar-refractivity contribution in [2.45, 2.75) is 135 Å². The van der Waals surface area contributed by atoms with E-state index in [4.69, 9.17) is 9.05 Å². The Labute approximate surface area is 186 Å². The quantitative estimate of drug-likeness (QED) is 0.155. The molecule has 1 aliphatic carbocycles. The third-order valence-electron chi connectivity index (χ3n) is 6.50. The van der Waals surface area contributed by atoms with Crippen LogP contribution in [-0.4, -0.2) is 42.1 Å². The number of likely N-dealkylation sites (N-methyl/N-ethyl adjacent to an activating group) is 1. The summed E-state index contributed by atoms with van der Waals surface area (Å²) in [5.74, 6) is 0. The van der Waals surface area contributed by atoms with Crippen molar-refractivity contribution in [3.63, 3.8) is 0 Å². The van der Waals surface area contributed by atoms with E-state index in [2.05, 4.69) is 18.7 Å². The number of unbranched alkanes of at least 4 members (excludes halogenated alkanes) is 13. The fraction of sp³-hybridized carbons (Fsp3) is 1.00. The molecule has 180 valence electrons. The Morgan fingerprint density at radius 1 is 0.833 bits per heavy atom. The minimum Gasteiger partial charge on any atom is -0.302 e. The van der Waals surface area contributed by atoms with Crippen LogP contribution in [0.3, 0.4) is 0 Å². The van der Waals surface area contributed by atoms with E-state index in [1.807, 2.05) is 7.05 Å². The van der Waals surface area contributed by atoms with Gasteiger partial charge in [0.15, 0.2) is 0 Å². The topological polar surface area (TPSA) is 59.0 Å². The van der Waals surface area contributed by atoms with Crippen LogP contribution in [0.1, 0.15) is 123 Å². The second-order valence-electron chi connectivity index (χ2n) is 9.11. The summed E-state index contributed by atoms with van der Waals surface area (Å²) in [5.41, 5.74) is 0. The van der Waals surface area contributed by atoms with Gasteiger partial charge >= 0.3 is 7.82 Å². The van der Waals surface area contributed by atoms with Crippen LogP contribution in [0, 0.1) is 0 Å². The van der Waals surface area contributed by atoms with Gasteiger partial charge in [-0.15, -0.1) is 0 Å². The molecule has 30 heavy (non-hydrogen) atoms. The van der Waals surface area contributed by atoms with Gasteiger partial charge in [0.2, 0.25) is 0 Å². The molecule has 0 aromatic carbocycles. The lowest BCUT2D eigenvalue weighted by atomic mass is 10.0. The molecule has 0 aliphatic heterocycles. The van der Waals surface area contributed by atoms with Gasteiger partial charge in [0.05, 0.1) is 12.7 Å². The highest BCUT2D eigenvalue weighted by atomic mass is 31.2. The van der Waals surface area contributed by atoms with Gasteiger partial charge in [-0.25, -0.2) is 4.57 Å². The van der Waals surface area contributed by atoms with Crippen LogP contribution < -0.4 is 0 Å². The van der Waals surface area contributed by atoms with Crippen LogP contribution >= 0.6 is 7.82 Å². The summed E-state index contributed by atoms with van der Waals surface area (Å²) < 4.78 is 23.0. The van der Waals surface area contributed by atoms with Crippen molar-refractivity contribution in [1.29, 1.82) is 0 Å². The first-order valence-electron chi connectivity index (χ1n) is 12.9. The number of phosphoric acid groups is 1. The zero-order valence-electron chi connectivity index (χ0n) is 20.2. The van der Waals surface area contributed by atoms with Crippen LogP contribution in [0.15, 0.2) is 0 Å². The second kappa shape index (κ2) is 17.6. The Bertz CT molecular complexity index is 449. The van der Waals surface area contributed by atoms with E-state index in [1.54, 1.807) is 0 Å². The minimum absolute atomic E-state index is 0.192. The van der Waals surface area contributed by atoms with Crippen molar-refractivity contribution in [3.8, 4) is 0 Å². The lowest BCUT2D eigenvalue weighted by Crippen LogP contribution is -2.38. The number of phosphoric ester groups is 1. The van der Waals surface area contributed by atoms with Crippen LogP contribution in [0.5, 0.6) is 0 Å². The smallest absolute Gasteiger partial charge is 0.302 e. The first kappa shape index (κ1) is 28.1. The van der Waals surface area contributed by atoms with Gasteiger partial charge in [0.25, 0.3) is 0 Å². The fourth-order valence-corrected chi connectivity index (χ4v) is 5.45. The predicted molar refractivity (Wildman–Crippen MR) is 127 cm³/mol. The van der Waals surface area contributed by atoms with Crippen molar-refractivity contribution in [3.05, 3.63) is 0 Å². The van der Waals surface area contributed by atoms with Gasteiger partial charge in [-0.1, -0.05) is 97.3 Å². The summed E-state index contributed by atoms with van der Waals surface area (Å²) in [6, 6.07) is 0.222. The lowest BCUT2D eigenvalue weighted by molar-refractivity contribution is 0.0609. The summed E-state index contributed by atoms with van der Waals surface area (Å²) >= 11 is 0. The molecule has 6 heteroatoms. The Kier molecular flexibility index (Phi) is 16.5. The predicted octanol–water partition coefficient (Wildman–Crippen LogP) is 7.47. The maximum atomic E-state index is 12.3. The molecule has 1 fully saturated rings. The summed E-state index contributed by atoms with van der Waals surface area (Å²) in [5, 5.41) is 0. The van der Waals surface area contributed by atoms with Gasteiger partial charge in [0.1, 0.15) is 0 Å². The maximum absolute atomic E-state index is 12.3. The van der Waals surface area contributed by atoms with Crippen molar-refractivity contribution >= 4 is 7.82 Å². The molecule has 3 atom stereocenters. The van der Waals surface area contributed by atoms with Crippen molar-refractivity contribution in [2.24, 2.45) is 0 Å². The second-order valence-corrected chi connectivity index (χ2v) is 10.5. The third kappa shape index (κ3) is 13.5. The highest BCUT2D eigenvalue weighted by Crippen LogP contribution is 2.47. The van der Waals surface area contributed by atoms with Crippen molar-refractivity contribution in [1.82, 2.24) is 4.90 Å². The number of hydrogen-bond donors (Lipinski definition) is 1. The highest BCUT2D eigenvalue weighted by molar-refractivity contribution is 7.47. The average Bonchev–Trinajstić information content (AvgIpc) is 3.17. The maximum Gasteiger partial charge on any atom is 0.472 e. The molecule has 0 aromatic heterocycles. The standard InChI is InChI=1S/C24H50NO4P/c1-4-6-7-8-9-10-11-12-13-14-15-16-17-18-22-28-30(26,27)29-24-21-19-20-23(24)25(3)5-2/h23-24H,4-22H2,1-3H3,(H,26,27)/t23-,24-/m0/s1. The van der Waals surface area contributed by atoms with E-state index in [1.165, 1.54) is 77.0 Å². The Morgan fingerprint density at radius 2 is 1.33 bits per heavy atom. The van der Waals surface area contributed by atoms with Crippen LogP contribution in [0.4, 0.5) is 0 Å². The summed E-state index contributed by atoms with van der Waals surface area (Å²) in [6.45, 7) is 5.60. The van der Waals surface area contributed by atoms with Gasteiger partial charge in [-0.2, -0.15) is 0 Å². The molecule has 1 rings (SSSR count). The fourth-order valence-electron chi connectivity index (χ4n) is 4.45. The monoisotopic (exact) mass is 447 g/mol. The average molecular weight is 448 g/mol. The van der Waals surface area contributed by atoms with E-state index in [0.717, 1.165) is 38.6 Å². The van der Waals surface area contributed by atoms with E-state index >= 15 is 0 Å². The van der Waals surface area contributed by atoms with Gasteiger partial charge in [-0.05, 0) is 39.3 Å². The third-order valence-corrected chi connectivity index (χ3v) is 7.55. The molecule has 1 unspecified atom stereocenters. The Balaban J connectivity index is 1.94. The van der Waals surface area contributed by atoms with Crippen LogP contribution in [0.2, 0.25) is 0 Å². The SMILES string of the molecule is CCCCCCCCCCCCCCCCOP(=O)(O)O[C@H]1CCC[C@@H]1N(C)CC. The number of rotatable bonds is 20. The molecular formula is C24H50NO4P. The molecule has 0 heterocycles. The molecule has 0 radical (unpaired) electrons. The van der Waals surface area contributed by atoms with Gasteiger partial charge in [0, 0.05) is 6.04 Å². The molecule has 1 aliphatic rings. The molecule has 0 aromatic rings. The Morgan fingerprint density at radius 3 is 1.83 bits per heavy atom. The molecule has 0 spiro atoms. The Hall–Kier alpha value is 0.0700. The molecule has 5 nitrogen and oxygen atoms in total. The normalized spacial score (nSPS) is 21.4. The summed E-state index contributed by atoms with van der Waals surface area (Å²) in [6.07, 6.45) is 20.8. The number of nitrogens with zero attached hydrogens (tertiary/aromatic N) is 1. The minimum atomic E-state index is -3.94. The van der Waals surface area contributed by atoms with Gasteiger partial charge in [-0.3, -0.25) is 9.05 Å². The number of hydrogen-bond acceptors (Lipinski definition) is 4. The van der Waals surface area contributed by atoms with E-state index in [9.17, 15) is 9.46 Å². The van der Waals surface area contributed by atoms with Crippen LogP contribution in [0.25, 0.3) is 0 Å². The van der Waals surface area contributed by atoms with Crippen molar-refractivity contribution < 1.29 is 18.5 Å². The lowest BCUT2D eigenvalue weighted by Gasteiger charge is -2.29. The van der Waals surface area contributed by atoms with Crippen molar-refractivity contribution in [2.75, 3.05) is 20.2 Å². The molecule has 0 amide bonds. The van der Waals surface area contributed by atoms with Crippen LogP contribution in [-0.2, 0) is 13.6 Å². The summed E-state index contributed by atoms with van der Waals surface area (Å²) in [4.78, 5) is 12.2. The zero-order chi connectivity index (χ0) is 22.1. The zero-order valence-corrected chi connectivity index (χ0v) is 21.1. The molecule has 0 saturated heterocycles. The first-order valence-corrected chi connectivity index (χ1v) is 14.4. The first-order chi connectivity index (χ1) is 14.5. The molecular weight excluding hydrogens is 397 g/mol. The molecule has 0 bridgehead atoms. The highest BCUT2D eigenvalue weighted by Gasteiger charge is 2.36. The van der Waals surface area contributed by atoms with E-state index < -0.39 is 7.82 Å². The van der Waals surface area contributed by atoms with E-state index in [0.29, 0.717) is 6.61 Å².